The van der Waals surface area contributed by atoms with Crippen LogP contribution in [0.5, 0.6) is 0 Å². The second-order valence-corrected chi connectivity index (χ2v) is 4.61. The molecule has 0 radical (unpaired) electrons. The van der Waals surface area contributed by atoms with E-state index in [1.807, 2.05) is 6.92 Å². The molecule has 3 rings (SSSR count). The quantitative estimate of drug-likeness (QED) is 0.532. The first-order chi connectivity index (χ1) is 10.1. The van der Waals surface area contributed by atoms with E-state index >= 15 is 0 Å². The van der Waals surface area contributed by atoms with Gasteiger partial charge in [-0.25, -0.2) is 0 Å². The predicted octanol–water partition coefficient (Wildman–Crippen LogP) is 3.11. The van der Waals surface area contributed by atoms with Crippen LogP contribution in [-0.2, 0) is 0 Å². The maximum absolute atomic E-state index is 11.1. The molecular weight excluding hydrogens is 268 g/mol. The maximum atomic E-state index is 11.1. The first-order valence-electron chi connectivity index (χ1n) is 6.23. The summed E-state index contributed by atoms with van der Waals surface area (Å²) in [7, 11) is 0. The Labute approximate surface area is 120 Å². The lowest BCUT2D eigenvalue weighted by atomic mass is 10.1. The summed E-state index contributed by atoms with van der Waals surface area (Å²) >= 11 is 0. The van der Waals surface area contributed by atoms with Gasteiger partial charge in [0, 0.05) is 29.5 Å². The van der Waals surface area contributed by atoms with Crippen LogP contribution in [0.1, 0.15) is 11.4 Å². The Morgan fingerprint density at radius 1 is 1.33 bits per heavy atom. The van der Waals surface area contributed by atoms with Gasteiger partial charge in [0.05, 0.1) is 16.0 Å². The van der Waals surface area contributed by atoms with Gasteiger partial charge in [-0.05, 0) is 31.2 Å². The van der Waals surface area contributed by atoms with Gasteiger partial charge in [0.2, 0.25) is 0 Å². The molecule has 1 aromatic carbocycles. The monoisotopic (exact) mass is 278 g/mol. The van der Waals surface area contributed by atoms with E-state index < -0.39 is 4.92 Å². The number of aromatic nitrogens is 2. The van der Waals surface area contributed by atoms with Crippen molar-refractivity contribution in [2.24, 2.45) is 0 Å². The standard InChI is InChI=1S/C15H10N4O2/c1-10-7-12-13(9-17-10)15(19(20)21)5-4-14(12)18-6-2-3-11(18)8-16/h2-7,9H,1H3. The zero-order chi connectivity index (χ0) is 15.0. The summed E-state index contributed by atoms with van der Waals surface area (Å²) in [5, 5.41) is 21.4. The zero-order valence-corrected chi connectivity index (χ0v) is 11.1. The number of nitro groups is 1. The smallest absolute Gasteiger partial charge is 0.278 e. The van der Waals surface area contributed by atoms with Crippen LogP contribution < -0.4 is 0 Å². The van der Waals surface area contributed by atoms with Crippen LogP contribution in [0.25, 0.3) is 16.5 Å². The van der Waals surface area contributed by atoms with Crippen molar-refractivity contribution in [3.8, 4) is 11.8 Å². The topological polar surface area (TPSA) is 84.8 Å². The van der Waals surface area contributed by atoms with E-state index in [0.29, 0.717) is 16.5 Å². The lowest BCUT2D eigenvalue weighted by Gasteiger charge is -2.10. The summed E-state index contributed by atoms with van der Waals surface area (Å²) in [6.07, 6.45) is 3.26. The number of benzene rings is 1. The van der Waals surface area contributed by atoms with Gasteiger partial charge < -0.3 is 4.57 Å². The molecule has 0 bridgehead atoms. The molecule has 0 unspecified atom stereocenters. The molecule has 2 heterocycles. The molecule has 3 aromatic rings. The highest BCUT2D eigenvalue weighted by atomic mass is 16.6. The van der Waals surface area contributed by atoms with Gasteiger partial charge in [0.1, 0.15) is 11.8 Å². The SMILES string of the molecule is Cc1cc2c(-n3cccc3C#N)ccc([N+](=O)[O-])c2cn1. The number of hydrogen-bond acceptors (Lipinski definition) is 4. The Balaban J connectivity index is 2.40. The molecule has 0 N–H and O–H groups in total. The Hall–Kier alpha value is -3.20. The highest BCUT2D eigenvalue weighted by molar-refractivity contribution is 5.96. The third-order valence-electron chi connectivity index (χ3n) is 3.31. The van der Waals surface area contributed by atoms with Gasteiger partial charge in [0.15, 0.2) is 0 Å². The molecule has 6 heteroatoms. The molecule has 0 amide bonds. The van der Waals surface area contributed by atoms with E-state index in [9.17, 15) is 10.1 Å². The van der Waals surface area contributed by atoms with Crippen molar-refractivity contribution in [2.75, 3.05) is 0 Å². The van der Waals surface area contributed by atoms with Gasteiger partial charge in [-0.3, -0.25) is 15.1 Å². The molecule has 6 nitrogen and oxygen atoms in total. The van der Waals surface area contributed by atoms with Crippen molar-refractivity contribution in [1.82, 2.24) is 9.55 Å². The van der Waals surface area contributed by atoms with E-state index in [-0.39, 0.29) is 5.69 Å². The summed E-state index contributed by atoms with van der Waals surface area (Å²) in [6.45, 7) is 1.82. The number of hydrogen-bond donors (Lipinski definition) is 0. The second kappa shape index (κ2) is 4.72. The van der Waals surface area contributed by atoms with E-state index in [1.165, 1.54) is 12.3 Å². The third-order valence-corrected chi connectivity index (χ3v) is 3.31. The number of aryl methyl sites for hydroxylation is 1. The van der Waals surface area contributed by atoms with Crippen LogP contribution in [0.2, 0.25) is 0 Å². The molecule has 102 valence electrons. The maximum Gasteiger partial charge on any atom is 0.278 e. The first kappa shape index (κ1) is 12.8. The third kappa shape index (κ3) is 2.01. The van der Waals surface area contributed by atoms with Gasteiger partial charge in [-0.1, -0.05) is 0 Å². The largest absolute Gasteiger partial charge is 0.308 e. The van der Waals surface area contributed by atoms with Crippen LogP contribution >= 0.6 is 0 Å². The number of fused-ring (bicyclic) bond motifs is 1. The zero-order valence-electron chi connectivity index (χ0n) is 11.1. The number of rotatable bonds is 2. The number of pyridine rings is 1. The molecule has 0 aliphatic carbocycles. The van der Waals surface area contributed by atoms with Crippen molar-refractivity contribution >= 4 is 16.5 Å². The molecule has 0 atom stereocenters. The number of nitro benzene ring substituents is 1. The fraction of sp³-hybridized carbons (Fsp3) is 0.0667. The van der Waals surface area contributed by atoms with Crippen molar-refractivity contribution in [3.63, 3.8) is 0 Å². The average Bonchev–Trinajstić information content (AvgIpc) is 2.93. The average molecular weight is 278 g/mol. The summed E-state index contributed by atoms with van der Waals surface area (Å²) < 4.78 is 1.71. The minimum absolute atomic E-state index is 0.00640. The van der Waals surface area contributed by atoms with Gasteiger partial charge >= 0.3 is 0 Å². The first-order valence-corrected chi connectivity index (χ1v) is 6.23. The molecule has 0 aliphatic heterocycles. The van der Waals surface area contributed by atoms with Crippen LogP contribution in [0, 0.1) is 28.4 Å². The van der Waals surface area contributed by atoms with Crippen LogP contribution in [0.4, 0.5) is 5.69 Å². The van der Waals surface area contributed by atoms with Crippen molar-refractivity contribution in [2.45, 2.75) is 6.92 Å². The molecular formula is C15H10N4O2. The summed E-state index contributed by atoms with van der Waals surface area (Å²) in [6, 6.07) is 10.4. The summed E-state index contributed by atoms with van der Waals surface area (Å²) in [5.41, 5.74) is 1.96. The fourth-order valence-corrected chi connectivity index (χ4v) is 2.36. The second-order valence-electron chi connectivity index (χ2n) is 4.61. The number of non-ortho nitro benzene ring substituents is 1. The lowest BCUT2D eigenvalue weighted by Crippen LogP contribution is -1.99. The van der Waals surface area contributed by atoms with Crippen LogP contribution in [0.3, 0.4) is 0 Å². The van der Waals surface area contributed by atoms with Crippen molar-refractivity contribution in [1.29, 1.82) is 5.26 Å². The van der Waals surface area contributed by atoms with E-state index in [2.05, 4.69) is 11.1 Å². The van der Waals surface area contributed by atoms with Crippen molar-refractivity contribution < 1.29 is 4.92 Å². The van der Waals surface area contributed by atoms with Gasteiger partial charge in [-0.15, -0.1) is 0 Å². The number of nitrogens with zero attached hydrogens (tertiary/aromatic N) is 4. The summed E-state index contributed by atoms with van der Waals surface area (Å²) in [4.78, 5) is 14.8. The Morgan fingerprint density at radius 3 is 2.86 bits per heavy atom. The Bertz CT molecular complexity index is 906. The Morgan fingerprint density at radius 2 is 2.14 bits per heavy atom. The van der Waals surface area contributed by atoms with Gasteiger partial charge in [0.25, 0.3) is 5.69 Å². The molecule has 0 fully saturated rings. The fourth-order valence-electron chi connectivity index (χ4n) is 2.36. The summed E-state index contributed by atoms with van der Waals surface area (Å²) in [5.74, 6) is 0. The highest BCUT2D eigenvalue weighted by Crippen LogP contribution is 2.31. The molecule has 0 saturated heterocycles. The molecule has 0 spiro atoms. The molecule has 0 aliphatic rings. The molecule has 2 aromatic heterocycles. The number of nitriles is 1. The lowest BCUT2D eigenvalue weighted by molar-refractivity contribution is -0.383. The molecule has 21 heavy (non-hydrogen) atoms. The minimum atomic E-state index is -0.427. The minimum Gasteiger partial charge on any atom is -0.308 e. The van der Waals surface area contributed by atoms with Gasteiger partial charge in [-0.2, -0.15) is 5.26 Å². The van der Waals surface area contributed by atoms with Crippen LogP contribution in [-0.4, -0.2) is 14.5 Å². The highest BCUT2D eigenvalue weighted by Gasteiger charge is 2.16. The normalized spacial score (nSPS) is 10.5. The predicted molar refractivity (Wildman–Crippen MR) is 77.2 cm³/mol. The van der Waals surface area contributed by atoms with Crippen molar-refractivity contribution in [3.05, 3.63) is 64.2 Å². The van der Waals surface area contributed by atoms with E-state index in [1.54, 1.807) is 35.0 Å². The van der Waals surface area contributed by atoms with Crippen LogP contribution in [0.15, 0.2) is 42.7 Å². The molecule has 0 saturated carbocycles. The van der Waals surface area contributed by atoms with E-state index in [0.717, 1.165) is 11.4 Å². The van der Waals surface area contributed by atoms with E-state index in [4.69, 9.17) is 5.26 Å². The Kier molecular flexibility index (Phi) is 2.88.